The Kier molecular flexibility index (Phi) is 7.60. The summed E-state index contributed by atoms with van der Waals surface area (Å²) >= 11 is 0. The number of sulfonamides is 1. The van der Waals surface area contributed by atoms with Gasteiger partial charge in [0.25, 0.3) is 10.0 Å². The molecule has 0 aliphatic carbocycles. The van der Waals surface area contributed by atoms with E-state index in [1.807, 2.05) is 6.92 Å². The van der Waals surface area contributed by atoms with Gasteiger partial charge in [0.2, 0.25) is 5.91 Å². The second-order valence-corrected chi connectivity index (χ2v) is 9.35. The summed E-state index contributed by atoms with van der Waals surface area (Å²) < 4.78 is 34.0. The number of para-hydroxylation sites is 2. The maximum Gasteiger partial charge on any atom is 0.265 e. The first kappa shape index (κ1) is 24.1. The van der Waals surface area contributed by atoms with Gasteiger partial charge in [-0.1, -0.05) is 42.5 Å². The van der Waals surface area contributed by atoms with Gasteiger partial charge in [0.05, 0.1) is 17.7 Å². The lowest BCUT2D eigenvalue weighted by Crippen LogP contribution is -2.43. The van der Waals surface area contributed by atoms with Crippen molar-refractivity contribution in [1.29, 1.82) is 0 Å². The first-order valence-corrected chi connectivity index (χ1v) is 12.0. The summed E-state index contributed by atoms with van der Waals surface area (Å²) in [5, 5.41) is 9.51. The normalized spacial score (nSPS) is 11.1. The molecule has 3 rings (SSSR count). The topological polar surface area (TPSA) is 87.2 Å². The Hall–Kier alpha value is -3.52. The Morgan fingerprint density at radius 1 is 0.970 bits per heavy atom. The average Bonchev–Trinajstić information content (AvgIpc) is 2.82. The van der Waals surface area contributed by atoms with Crippen molar-refractivity contribution in [1.82, 2.24) is 4.90 Å². The van der Waals surface area contributed by atoms with Crippen molar-refractivity contribution in [3.63, 3.8) is 0 Å². The number of methoxy groups -OCH3 is 1. The number of anilines is 1. The molecular formula is C25H28N2O5S. The largest absolute Gasteiger partial charge is 0.508 e. The minimum atomic E-state index is -4.06. The highest BCUT2D eigenvalue weighted by molar-refractivity contribution is 7.93. The number of amides is 1. The van der Waals surface area contributed by atoms with Crippen LogP contribution in [0.2, 0.25) is 0 Å². The number of aromatic hydroxyl groups is 1. The number of phenolic OH excluding ortho intramolecular Hbond substituents is 1. The lowest BCUT2D eigenvalue weighted by atomic mass is 10.2. The lowest BCUT2D eigenvalue weighted by Gasteiger charge is -2.29. The standard InChI is InChI=1S/C25H28N2O5S/c1-4-26(17-20-13-15-21(28)16-14-20)25(29)18-27(22-10-6-7-11-23(22)32-3)33(30,31)24-12-8-5-9-19(24)2/h5-16,28H,4,17-18H2,1-3H3. The predicted molar refractivity (Wildman–Crippen MR) is 128 cm³/mol. The minimum Gasteiger partial charge on any atom is -0.508 e. The number of rotatable bonds is 9. The third-order valence-corrected chi connectivity index (χ3v) is 7.26. The van der Waals surface area contributed by atoms with E-state index in [0.29, 0.717) is 24.4 Å². The van der Waals surface area contributed by atoms with Crippen molar-refractivity contribution in [2.45, 2.75) is 25.3 Å². The molecule has 0 aromatic heterocycles. The summed E-state index contributed by atoms with van der Waals surface area (Å²) in [6.07, 6.45) is 0. The molecule has 3 aromatic carbocycles. The second kappa shape index (κ2) is 10.4. The minimum absolute atomic E-state index is 0.130. The number of carbonyl (C=O) groups excluding carboxylic acids is 1. The maximum atomic E-state index is 13.7. The van der Waals surface area contributed by atoms with Crippen LogP contribution < -0.4 is 9.04 Å². The molecule has 0 spiro atoms. The fraction of sp³-hybridized carbons (Fsp3) is 0.240. The molecule has 0 aliphatic rings. The predicted octanol–water partition coefficient (Wildman–Crippen LogP) is 3.95. The molecule has 1 N–H and O–H groups in total. The van der Waals surface area contributed by atoms with E-state index < -0.39 is 10.0 Å². The zero-order valence-corrected chi connectivity index (χ0v) is 19.7. The summed E-state index contributed by atoms with van der Waals surface area (Å²) in [5.41, 5.74) is 1.70. The number of phenols is 1. The van der Waals surface area contributed by atoms with Crippen molar-refractivity contribution in [2.24, 2.45) is 0 Å². The van der Waals surface area contributed by atoms with E-state index in [4.69, 9.17) is 4.74 Å². The molecule has 3 aromatic rings. The first-order chi connectivity index (χ1) is 15.8. The van der Waals surface area contributed by atoms with Crippen LogP contribution in [0.1, 0.15) is 18.1 Å². The highest BCUT2D eigenvalue weighted by atomic mass is 32.2. The summed E-state index contributed by atoms with van der Waals surface area (Å²) in [7, 11) is -2.60. The Morgan fingerprint density at radius 3 is 2.24 bits per heavy atom. The Bertz CT molecular complexity index is 1210. The molecule has 0 aliphatic heterocycles. The van der Waals surface area contributed by atoms with E-state index in [1.54, 1.807) is 78.6 Å². The molecule has 0 heterocycles. The molecule has 0 radical (unpaired) electrons. The highest BCUT2D eigenvalue weighted by Crippen LogP contribution is 2.33. The van der Waals surface area contributed by atoms with Crippen LogP contribution >= 0.6 is 0 Å². The third kappa shape index (κ3) is 5.46. The summed E-state index contributed by atoms with van der Waals surface area (Å²) in [5.74, 6) is 0.137. The second-order valence-electron chi connectivity index (χ2n) is 7.52. The molecule has 33 heavy (non-hydrogen) atoms. The van der Waals surface area contributed by atoms with Crippen molar-refractivity contribution >= 4 is 21.6 Å². The van der Waals surface area contributed by atoms with Crippen molar-refractivity contribution in [2.75, 3.05) is 24.5 Å². The molecule has 7 nitrogen and oxygen atoms in total. The number of aryl methyl sites for hydroxylation is 1. The van der Waals surface area contributed by atoms with Crippen LogP contribution in [-0.2, 0) is 21.4 Å². The number of nitrogens with zero attached hydrogens (tertiary/aromatic N) is 2. The van der Waals surface area contributed by atoms with Crippen LogP contribution in [-0.4, -0.2) is 44.5 Å². The van der Waals surface area contributed by atoms with Gasteiger partial charge in [0, 0.05) is 13.1 Å². The van der Waals surface area contributed by atoms with Crippen LogP contribution in [0.15, 0.2) is 77.7 Å². The molecule has 0 fully saturated rings. The monoisotopic (exact) mass is 468 g/mol. The van der Waals surface area contributed by atoms with E-state index in [9.17, 15) is 18.3 Å². The van der Waals surface area contributed by atoms with Crippen LogP contribution in [0.3, 0.4) is 0 Å². The molecule has 0 bridgehead atoms. The lowest BCUT2D eigenvalue weighted by molar-refractivity contribution is -0.129. The molecule has 0 saturated carbocycles. The number of likely N-dealkylation sites (N-methyl/N-ethyl adjacent to an activating group) is 1. The quantitative estimate of drug-likeness (QED) is 0.514. The molecule has 174 valence electrons. The highest BCUT2D eigenvalue weighted by Gasteiger charge is 2.31. The van der Waals surface area contributed by atoms with Crippen molar-refractivity contribution in [3.8, 4) is 11.5 Å². The van der Waals surface area contributed by atoms with Gasteiger partial charge in [0.15, 0.2) is 0 Å². The van der Waals surface area contributed by atoms with Gasteiger partial charge in [-0.05, 0) is 55.3 Å². The van der Waals surface area contributed by atoms with Gasteiger partial charge in [-0.25, -0.2) is 8.42 Å². The number of hydrogen-bond acceptors (Lipinski definition) is 5. The summed E-state index contributed by atoms with van der Waals surface area (Å²) in [6.45, 7) is 3.85. The smallest absolute Gasteiger partial charge is 0.265 e. The van der Waals surface area contributed by atoms with Crippen molar-refractivity contribution in [3.05, 3.63) is 83.9 Å². The van der Waals surface area contributed by atoms with Crippen LogP contribution in [0.25, 0.3) is 0 Å². The molecular weight excluding hydrogens is 440 g/mol. The molecule has 8 heteroatoms. The Balaban J connectivity index is 2.00. The molecule has 0 saturated heterocycles. The van der Waals surface area contributed by atoms with Crippen LogP contribution in [0.4, 0.5) is 5.69 Å². The van der Waals surface area contributed by atoms with Crippen LogP contribution in [0.5, 0.6) is 11.5 Å². The molecule has 0 atom stereocenters. The van der Waals surface area contributed by atoms with Crippen molar-refractivity contribution < 1.29 is 23.1 Å². The number of benzene rings is 3. The van der Waals surface area contributed by atoms with Gasteiger partial charge in [-0.2, -0.15) is 0 Å². The van der Waals surface area contributed by atoms with Gasteiger partial charge in [-0.3, -0.25) is 9.10 Å². The summed E-state index contributed by atoms with van der Waals surface area (Å²) in [4.78, 5) is 15.0. The van der Waals surface area contributed by atoms with Gasteiger partial charge in [-0.15, -0.1) is 0 Å². The fourth-order valence-electron chi connectivity index (χ4n) is 3.52. The number of carbonyl (C=O) groups is 1. The SMILES string of the molecule is CCN(Cc1ccc(O)cc1)C(=O)CN(c1ccccc1OC)S(=O)(=O)c1ccccc1C. The number of hydrogen-bond donors (Lipinski definition) is 1. The zero-order valence-electron chi connectivity index (χ0n) is 18.9. The zero-order chi connectivity index (χ0) is 24.0. The number of ether oxygens (including phenoxy) is 1. The first-order valence-electron chi connectivity index (χ1n) is 10.5. The molecule has 0 unspecified atom stereocenters. The van der Waals surface area contributed by atoms with Crippen LogP contribution in [0, 0.1) is 6.92 Å². The fourth-order valence-corrected chi connectivity index (χ4v) is 5.17. The van der Waals surface area contributed by atoms with E-state index in [0.717, 1.165) is 9.87 Å². The Morgan fingerprint density at radius 2 is 1.61 bits per heavy atom. The van der Waals surface area contributed by atoms with E-state index in [2.05, 4.69) is 0 Å². The molecule has 1 amide bonds. The van der Waals surface area contributed by atoms with Gasteiger partial charge >= 0.3 is 0 Å². The maximum absolute atomic E-state index is 13.7. The van der Waals surface area contributed by atoms with Gasteiger partial charge in [0.1, 0.15) is 18.0 Å². The summed E-state index contributed by atoms with van der Waals surface area (Å²) in [6, 6.07) is 20.0. The van der Waals surface area contributed by atoms with E-state index >= 15 is 0 Å². The van der Waals surface area contributed by atoms with Gasteiger partial charge < -0.3 is 14.7 Å². The van der Waals surface area contributed by atoms with E-state index in [-0.39, 0.29) is 28.8 Å². The Labute approximate surface area is 194 Å². The average molecular weight is 469 g/mol. The third-order valence-electron chi connectivity index (χ3n) is 5.34. The van der Waals surface area contributed by atoms with E-state index in [1.165, 1.54) is 13.2 Å².